The molecule has 0 spiro atoms. The van der Waals surface area contributed by atoms with Crippen LogP contribution in [0, 0.1) is 0 Å². The molecule has 1 aliphatic heterocycles. The zero-order chi connectivity index (χ0) is 15.5. The van der Waals surface area contributed by atoms with Crippen LogP contribution in [0.5, 0.6) is 0 Å². The van der Waals surface area contributed by atoms with Gasteiger partial charge in [-0.25, -0.2) is 9.59 Å². The van der Waals surface area contributed by atoms with Crippen LogP contribution in [0.2, 0.25) is 0 Å². The van der Waals surface area contributed by atoms with Gasteiger partial charge in [-0.05, 0) is 29.5 Å². The zero-order valence-corrected chi connectivity index (χ0v) is 12.2. The maximum absolute atomic E-state index is 11.6. The maximum atomic E-state index is 11.6. The minimum absolute atomic E-state index is 0.311. The second-order valence-corrected chi connectivity index (χ2v) is 5.49. The highest BCUT2D eigenvalue weighted by Crippen LogP contribution is 2.13. The van der Waals surface area contributed by atoms with Crippen molar-refractivity contribution in [2.45, 2.75) is 6.42 Å². The molecule has 0 radical (unpaired) electrons. The van der Waals surface area contributed by atoms with Crippen LogP contribution >= 0.6 is 0 Å². The number of carbonyl (C=O) groups is 1. The second-order valence-electron chi connectivity index (χ2n) is 5.49. The molecular formula is C16H18N2O4. The summed E-state index contributed by atoms with van der Waals surface area (Å²) in [5.41, 5.74) is 0.854. The van der Waals surface area contributed by atoms with Gasteiger partial charge in [0, 0.05) is 32.7 Å². The predicted octanol–water partition coefficient (Wildman–Crippen LogP) is 1.63. The Kier molecular flexibility index (Phi) is 4.11. The van der Waals surface area contributed by atoms with Crippen molar-refractivity contribution in [3.05, 3.63) is 46.5 Å². The molecule has 1 saturated heterocycles. The van der Waals surface area contributed by atoms with Crippen LogP contribution in [0.25, 0.3) is 10.8 Å². The summed E-state index contributed by atoms with van der Waals surface area (Å²) < 4.78 is 4.85. The van der Waals surface area contributed by atoms with Gasteiger partial charge in [-0.2, -0.15) is 0 Å². The largest absolute Gasteiger partial charge is 0.465 e. The van der Waals surface area contributed by atoms with E-state index in [-0.39, 0.29) is 5.63 Å². The average Bonchev–Trinajstić information content (AvgIpc) is 2.53. The van der Waals surface area contributed by atoms with Gasteiger partial charge in [-0.3, -0.25) is 4.90 Å². The van der Waals surface area contributed by atoms with Crippen LogP contribution in [-0.4, -0.2) is 53.7 Å². The quantitative estimate of drug-likeness (QED) is 0.933. The fourth-order valence-electron chi connectivity index (χ4n) is 2.77. The minimum Gasteiger partial charge on any atom is -0.465 e. The van der Waals surface area contributed by atoms with Crippen LogP contribution in [0.4, 0.5) is 4.79 Å². The van der Waals surface area contributed by atoms with E-state index in [9.17, 15) is 9.59 Å². The molecule has 2 heterocycles. The van der Waals surface area contributed by atoms with E-state index < -0.39 is 6.09 Å². The standard InChI is InChI=1S/C16H18N2O4/c19-15-14-2-1-12(11-13(14)4-10-22-15)3-5-17-6-8-18(9-7-17)16(20)21/h1-2,4,10-11H,3,5-9H2,(H,20,21). The summed E-state index contributed by atoms with van der Waals surface area (Å²) in [7, 11) is 0. The molecule has 1 aromatic carbocycles. The van der Waals surface area contributed by atoms with E-state index in [2.05, 4.69) is 4.90 Å². The Morgan fingerprint density at radius 2 is 1.95 bits per heavy atom. The Morgan fingerprint density at radius 1 is 1.18 bits per heavy atom. The SMILES string of the molecule is O=C(O)N1CCN(CCc2ccc3c(=O)occc3c2)CC1. The number of nitrogens with zero attached hydrogens (tertiary/aromatic N) is 2. The second kappa shape index (κ2) is 6.19. The molecule has 1 N–H and O–H groups in total. The van der Waals surface area contributed by atoms with Crippen molar-refractivity contribution in [3.8, 4) is 0 Å². The van der Waals surface area contributed by atoms with Gasteiger partial charge in [0.25, 0.3) is 0 Å². The molecule has 22 heavy (non-hydrogen) atoms. The molecule has 0 aliphatic carbocycles. The molecule has 0 bridgehead atoms. The van der Waals surface area contributed by atoms with E-state index in [1.165, 1.54) is 16.7 Å². The lowest BCUT2D eigenvalue weighted by atomic mass is 10.1. The molecule has 6 heteroatoms. The van der Waals surface area contributed by atoms with Crippen molar-refractivity contribution in [2.24, 2.45) is 0 Å². The van der Waals surface area contributed by atoms with E-state index in [1.807, 2.05) is 12.1 Å². The number of fused-ring (bicyclic) bond motifs is 1. The van der Waals surface area contributed by atoms with E-state index in [1.54, 1.807) is 12.1 Å². The first-order chi connectivity index (χ1) is 10.6. The van der Waals surface area contributed by atoms with Crippen LogP contribution in [-0.2, 0) is 6.42 Å². The van der Waals surface area contributed by atoms with Gasteiger partial charge in [0.05, 0.1) is 11.6 Å². The topological polar surface area (TPSA) is 74.0 Å². The molecule has 1 aromatic heterocycles. The Morgan fingerprint density at radius 3 is 2.68 bits per heavy atom. The van der Waals surface area contributed by atoms with Crippen molar-refractivity contribution in [1.29, 1.82) is 0 Å². The summed E-state index contributed by atoms with van der Waals surface area (Å²) >= 11 is 0. The van der Waals surface area contributed by atoms with Gasteiger partial charge < -0.3 is 14.4 Å². The predicted molar refractivity (Wildman–Crippen MR) is 82.2 cm³/mol. The van der Waals surface area contributed by atoms with Crippen LogP contribution < -0.4 is 5.63 Å². The average molecular weight is 302 g/mol. The summed E-state index contributed by atoms with van der Waals surface area (Å²) in [4.78, 5) is 26.1. The first kappa shape index (κ1) is 14.6. The monoisotopic (exact) mass is 302 g/mol. The number of rotatable bonds is 3. The van der Waals surface area contributed by atoms with Crippen LogP contribution in [0.1, 0.15) is 5.56 Å². The van der Waals surface area contributed by atoms with E-state index in [4.69, 9.17) is 9.52 Å². The van der Waals surface area contributed by atoms with E-state index in [0.717, 1.165) is 31.4 Å². The molecule has 0 saturated carbocycles. The summed E-state index contributed by atoms with van der Waals surface area (Å²) in [6.07, 6.45) is 1.45. The Labute approximate surface area is 127 Å². The van der Waals surface area contributed by atoms with Gasteiger partial charge in [0.15, 0.2) is 0 Å². The molecule has 2 aromatic rings. The normalized spacial score (nSPS) is 16.1. The van der Waals surface area contributed by atoms with Gasteiger partial charge in [-0.15, -0.1) is 0 Å². The van der Waals surface area contributed by atoms with E-state index >= 15 is 0 Å². The third kappa shape index (κ3) is 3.12. The molecule has 3 rings (SSSR count). The minimum atomic E-state index is -0.840. The van der Waals surface area contributed by atoms with Gasteiger partial charge in [0.2, 0.25) is 0 Å². The maximum Gasteiger partial charge on any atom is 0.407 e. The third-order valence-electron chi connectivity index (χ3n) is 4.12. The number of piperazine rings is 1. The lowest BCUT2D eigenvalue weighted by Crippen LogP contribution is -2.48. The van der Waals surface area contributed by atoms with Gasteiger partial charge >= 0.3 is 11.7 Å². The zero-order valence-electron chi connectivity index (χ0n) is 12.2. The summed E-state index contributed by atoms with van der Waals surface area (Å²) in [6, 6.07) is 7.57. The number of hydrogen-bond acceptors (Lipinski definition) is 4. The van der Waals surface area contributed by atoms with Crippen molar-refractivity contribution in [1.82, 2.24) is 9.80 Å². The lowest BCUT2D eigenvalue weighted by Gasteiger charge is -2.33. The highest BCUT2D eigenvalue weighted by molar-refractivity contribution is 5.81. The molecule has 1 aliphatic rings. The summed E-state index contributed by atoms with van der Waals surface area (Å²) in [6.45, 7) is 3.55. The number of carboxylic acid groups (broad SMARTS) is 1. The number of hydrogen-bond donors (Lipinski definition) is 1. The Hall–Kier alpha value is -2.34. The Balaban J connectivity index is 1.60. The summed E-state index contributed by atoms with van der Waals surface area (Å²) in [5, 5.41) is 10.4. The van der Waals surface area contributed by atoms with Crippen LogP contribution in [0.15, 0.2) is 39.7 Å². The fourth-order valence-corrected chi connectivity index (χ4v) is 2.77. The number of benzene rings is 1. The first-order valence-electron chi connectivity index (χ1n) is 7.34. The molecule has 6 nitrogen and oxygen atoms in total. The summed E-state index contributed by atoms with van der Waals surface area (Å²) in [5.74, 6) is 0. The third-order valence-corrected chi connectivity index (χ3v) is 4.12. The molecule has 1 amide bonds. The lowest BCUT2D eigenvalue weighted by molar-refractivity contribution is 0.106. The number of amides is 1. The van der Waals surface area contributed by atoms with E-state index in [0.29, 0.717) is 18.5 Å². The van der Waals surface area contributed by atoms with Crippen molar-refractivity contribution in [3.63, 3.8) is 0 Å². The highest BCUT2D eigenvalue weighted by atomic mass is 16.4. The smallest absolute Gasteiger partial charge is 0.407 e. The molecule has 1 fully saturated rings. The van der Waals surface area contributed by atoms with Gasteiger partial charge in [-0.1, -0.05) is 12.1 Å². The van der Waals surface area contributed by atoms with Crippen molar-refractivity contribution >= 4 is 16.9 Å². The molecule has 116 valence electrons. The molecular weight excluding hydrogens is 284 g/mol. The molecule has 0 atom stereocenters. The van der Waals surface area contributed by atoms with Crippen molar-refractivity contribution < 1.29 is 14.3 Å². The van der Waals surface area contributed by atoms with Crippen molar-refractivity contribution in [2.75, 3.05) is 32.7 Å². The fraction of sp³-hybridized carbons (Fsp3) is 0.375. The molecule has 0 unspecified atom stereocenters. The first-order valence-corrected chi connectivity index (χ1v) is 7.34. The van der Waals surface area contributed by atoms with Crippen LogP contribution in [0.3, 0.4) is 0 Å². The highest BCUT2D eigenvalue weighted by Gasteiger charge is 2.19. The Bertz CT molecular complexity index is 732. The van der Waals surface area contributed by atoms with Gasteiger partial charge in [0.1, 0.15) is 0 Å².